The molecule has 0 aromatic carbocycles. The van der Waals surface area contributed by atoms with E-state index in [1.54, 1.807) is 0 Å². The van der Waals surface area contributed by atoms with Crippen molar-refractivity contribution in [2.45, 2.75) is 72.1 Å². The third-order valence-corrected chi connectivity index (χ3v) is 4.35. The molecule has 19 heavy (non-hydrogen) atoms. The molecule has 1 rings (SSSR count). The molecule has 0 aromatic heterocycles. The van der Waals surface area contributed by atoms with Gasteiger partial charge >= 0.3 is 0 Å². The molecule has 0 spiro atoms. The highest BCUT2D eigenvalue weighted by Gasteiger charge is 2.29. The summed E-state index contributed by atoms with van der Waals surface area (Å²) in [4.78, 5) is 2.65. The Labute approximate surface area is 120 Å². The first kappa shape index (κ1) is 16.9. The van der Waals surface area contributed by atoms with E-state index in [0.29, 0.717) is 18.2 Å². The zero-order valence-electron chi connectivity index (χ0n) is 13.6. The van der Waals surface area contributed by atoms with Crippen LogP contribution in [0.15, 0.2) is 0 Å². The highest BCUT2D eigenvalue weighted by molar-refractivity contribution is 4.88. The number of nitrogens with zero attached hydrogens (tertiary/aromatic N) is 1. The summed E-state index contributed by atoms with van der Waals surface area (Å²) in [6.07, 6.45) is 4.16. The number of hydrogen-bond acceptors (Lipinski definition) is 3. The Balaban J connectivity index is 2.47. The Morgan fingerprint density at radius 1 is 1.26 bits per heavy atom. The molecule has 1 aliphatic rings. The SMILES string of the molecule is CCCC1CNC(C(C)CC)CN1CCOC(C)C. The molecule has 0 radical (unpaired) electrons. The third kappa shape index (κ3) is 5.80. The average Bonchev–Trinajstić information content (AvgIpc) is 2.39. The summed E-state index contributed by atoms with van der Waals surface area (Å²) < 4.78 is 5.73. The summed E-state index contributed by atoms with van der Waals surface area (Å²) in [6, 6.07) is 1.35. The lowest BCUT2D eigenvalue weighted by atomic mass is 9.94. The van der Waals surface area contributed by atoms with Gasteiger partial charge in [-0.05, 0) is 26.2 Å². The minimum absolute atomic E-state index is 0.345. The lowest BCUT2D eigenvalue weighted by Crippen LogP contribution is -2.58. The van der Waals surface area contributed by atoms with Crippen molar-refractivity contribution < 1.29 is 4.74 Å². The summed E-state index contributed by atoms with van der Waals surface area (Å²) >= 11 is 0. The first-order chi connectivity index (χ1) is 9.08. The van der Waals surface area contributed by atoms with E-state index in [1.807, 2.05) is 0 Å². The van der Waals surface area contributed by atoms with E-state index in [-0.39, 0.29) is 0 Å². The second-order valence-corrected chi connectivity index (χ2v) is 6.26. The lowest BCUT2D eigenvalue weighted by molar-refractivity contribution is 0.0300. The summed E-state index contributed by atoms with van der Waals surface area (Å²) in [5.74, 6) is 0.760. The standard InChI is InChI=1S/C16H34N2O/c1-6-8-15-11-17-16(14(5)7-2)12-18(15)9-10-19-13(3)4/h13-17H,6-12H2,1-5H3. The van der Waals surface area contributed by atoms with Crippen molar-refractivity contribution in [1.29, 1.82) is 0 Å². The van der Waals surface area contributed by atoms with Gasteiger partial charge in [-0.15, -0.1) is 0 Å². The van der Waals surface area contributed by atoms with Crippen molar-refractivity contribution in [3.8, 4) is 0 Å². The van der Waals surface area contributed by atoms with Crippen LogP contribution in [0, 0.1) is 5.92 Å². The van der Waals surface area contributed by atoms with Gasteiger partial charge in [-0.2, -0.15) is 0 Å². The second kappa shape index (κ2) is 8.93. The molecule has 1 heterocycles. The first-order valence-electron chi connectivity index (χ1n) is 8.17. The van der Waals surface area contributed by atoms with Gasteiger partial charge in [0.05, 0.1) is 12.7 Å². The van der Waals surface area contributed by atoms with Gasteiger partial charge in [0, 0.05) is 31.7 Å². The highest BCUT2D eigenvalue weighted by Crippen LogP contribution is 2.18. The zero-order valence-corrected chi connectivity index (χ0v) is 13.6. The molecule has 0 aliphatic carbocycles. The van der Waals surface area contributed by atoms with Crippen LogP contribution in [-0.2, 0) is 4.74 Å². The van der Waals surface area contributed by atoms with Crippen molar-refractivity contribution in [3.63, 3.8) is 0 Å². The predicted octanol–water partition coefficient (Wildman–Crippen LogP) is 2.90. The van der Waals surface area contributed by atoms with E-state index in [0.717, 1.165) is 25.6 Å². The Kier molecular flexibility index (Phi) is 7.96. The first-order valence-corrected chi connectivity index (χ1v) is 8.17. The van der Waals surface area contributed by atoms with Crippen LogP contribution in [0.4, 0.5) is 0 Å². The van der Waals surface area contributed by atoms with Crippen LogP contribution in [-0.4, -0.2) is 49.3 Å². The molecule has 0 aromatic rings. The van der Waals surface area contributed by atoms with Crippen molar-refractivity contribution in [2.75, 3.05) is 26.2 Å². The van der Waals surface area contributed by atoms with Crippen molar-refractivity contribution in [3.05, 3.63) is 0 Å². The van der Waals surface area contributed by atoms with Crippen LogP contribution in [0.5, 0.6) is 0 Å². The molecule has 1 aliphatic heterocycles. The van der Waals surface area contributed by atoms with Crippen LogP contribution in [0.25, 0.3) is 0 Å². The normalized spacial score (nSPS) is 26.8. The number of hydrogen-bond donors (Lipinski definition) is 1. The van der Waals surface area contributed by atoms with Gasteiger partial charge in [0.15, 0.2) is 0 Å². The van der Waals surface area contributed by atoms with Crippen molar-refractivity contribution >= 4 is 0 Å². The number of piperazine rings is 1. The fourth-order valence-electron chi connectivity index (χ4n) is 2.85. The summed E-state index contributed by atoms with van der Waals surface area (Å²) in [6.45, 7) is 15.4. The van der Waals surface area contributed by atoms with Gasteiger partial charge in [-0.3, -0.25) is 4.90 Å². The van der Waals surface area contributed by atoms with E-state index in [1.165, 1.54) is 25.8 Å². The predicted molar refractivity (Wildman–Crippen MR) is 82.6 cm³/mol. The summed E-state index contributed by atoms with van der Waals surface area (Å²) in [5.41, 5.74) is 0. The summed E-state index contributed by atoms with van der Waals surface area (Å²) in [7, 11) is 0. The fourth-order valence-corrected chi connectivity index (χ4v) is 2.85. The van der Waals surface area contributed by atoms with Crippen LogP contribution < -0.4 is 5.32 Å². The van der Waals surface area contributed by atoms with Crippen LogP contribution in [0.2, 0.25) is 0 Å². The van der Waals surface area contributed by atoms with Crippen LogP contribution >= 0.6 is 0 Å². The Morgan fingerprint density at radius 3 is 2.58 bits per heavy atom. The maximum Gasteiger partial charge on any atom is 0.0597 e. The molecule has 114 valence electrons. The highest BCUT2D eigenvalue weighted by atomic mass is 16.5. The average molecular weight is 270 g/mol. The third-order valence-electron chi connectivity index (χ3n) is 4.35. The van der Waals surface area contributed by atoms with E-state index >= 15 is 0 Å². The van der Waals surface area contributed by atoms with Crippen LogP contribution in [0.3, 0.4) is 0 Å². The Bertz CT molecular complexity index is 233. The number of nitrogens with one attached hydrogen (secondary N) is 1. The smallest absolute Gasteiger partial charge is 0.0597 e. The number of ether oxygens (including phenoxy) is 1. The van der Waals surface area contributed by atoms with Gasteiger partial charge in [0.2, 0.25) is 0 Å². The quantitative estimate of drug-likeness (QED) is 0.734. The van der Waals surface area contributed by atoms with Gasteiger partial charge in [-0.25, -0.2) is 0 Å². The van der Waals surface area contributed by atoms with E-state index in [9.17, 15) is 0 Å². The molecule has 3 unspecified atom stereocenters. The van der Waals surface area contributed by atoms with Crippen molar-refractivity contribution in [1.82, 2.24) is 10.2 Å². The molecule has 0 amide bonds. The van der Waals surface area contributed by atoms with Gasteiger partial charge in [0.1, 0.15) is 0 Å². The number of rotatable bonds is 8. The molecular formula is C16H34N2O. The fraction of sp³-hybridized carbons (Fsp3) is 1.00. The monoisotopic (exact) mass is 270 g/mol. The van der Waals surface area contributed by atoms with E-state index < -0.39 is 0 Å². The van der Waals surface area contributed by atoms with E-state index in [2.05, 4.69) is 44.8 Å². The van der Waals surface area contributed by atoms with E-state index in [4.69, 9.17) is 4.74 Å². The molecule has 0 saturated carbocycles. The van der Waals surface area contributed by atoms with Gasteiger partial charge in [-0.1, -0.05) is 33.6 Å². The minimum Gasteiger partial charge on any atom is -0.377 e. The molecule has 3 heteroatoms. The zero-order chi connectivity index (χ0) is 14.3. The topological polar surface area (TPSA) is 24.5 Å². The molecular weight excluding hydrogens is 236 g/mol. The Morgan fingerprint density at radius 2 is 2.00 bits per heavy atom. The van der Waals surface area contributed by atoms with Crippen LogP contribution in [0.1, 0.15) is 53.9 Å². The minimum atomic E-state index is 0.345. The molecule has 0 bridgehead atoms. The lowest BCUT2D eigenvalue weighted by Gasteiger charge is -2.42. The largest absolute Gasteiger partial charge is 0.377 e. The molecule has 1 fully saturated rings. The summed E-state index contributed by atoms with van der Waals surface area (Å²) in [5, 5.41) is 3.75. The van der Waals surface area contributed by atoms with Crippen molar-refractivity contribution in [2.24, 2.45) is 5.92 Å². The molecule has 1 N–H and O–H groups in total. The van der Waals surface area contributed by atoms with Gasteiger partial charge in [0.25, 0.3) is 0 Å². The Hall–Kier alpha value is -0.120. The molecule has 3 atom stereocenters. The van der Waals surface area contributed by atoms with Gasteiger partial charge < -0.3 is 10.1 Å². The molecule has 3 nitrogen and oxygen atoms in total. The maximum atomic E-state index is 5.73. The maximum absolute atomic E-state index is 5.73. The second-order valence-electron chi connectivity index (χ2n) is 6.26. The molecule has 1 saturated heterocycles.